The van der Waals surface area contributed by atoms with Crippen molar-refractivity contribution in [1.29, 1.82) is 0 Å². The summed E-state index contributed by atoms with van der Waals surface area (Å²) in [6.45, 7) is 4.87. The van der Waals surface area contributed by atoms with Crippen molar-refractivity contribution < 1.29 is 19.4 Å². The first-order valence-corrected chi connectivity index (χ1v) is 6.11. The molecular weight excluding hydrogens is 222 g/mol. The first-order chi connectivity index (χ1) is 7.99. The van der Waals surface area contributed by atoms with E-state index < -0.39 is 11.5 Å². The van der Waals surface area contributed by atoms with Crippen LogP contribution in [0.15, 0.2) is 0 Å². The highest BCUT2D eigenvalue weighted by Crippen LogP contribution is 2.19. The van der Waals surface area contributed by atoms with E-state index in [2.05, 4.69) is 5.32 Å². The molecule has 1 saturated heterocycles. The predicted octanol–water partition coefficient (Wildman–Crippen LogP) is 1.02. The average molecular weight is 245 g/mol. The zero-order chi connectivity index (χ0) is 12.9. The van der Waals surface area contributed by atoms with E-state index in [4.69, 9.17) is 9.47 Å². The normalized spacial score (nSPS) is 25.5. The Morgan fingerprint density at radius 2 is 2.41 bits per heavy atom. The highest BCUT2D eigenvalue weighted by molar-refractivity contribution is 5.78. The Morgan fingerprint density at radius 3 is 2.88 bits per heavy atom. The molecule has 3 atom stereocenters. The van der Waals surface area contributed by atoms with Crippen LogP contribution < -0.4 is 5.32 Å². The monoisotopic (exact) mass is 245 g/mol. The maximum absolute atomic E-state index is 11.3. The first kappa shape index (κ1) is 14.4. The molecule has 1 rings (SSSR count). The van der Waals surface area contributed by atoms with Crippen molar-refractivity contribution in [3.8, 4) is 0 Å². The van der Waals surface area contributed by atoms with Crippen LogP contribution in [0.1, 0.15) is 33.1 Å². The van der Waals surface area contributed by atoms with Gasteiger partial charge in [0.15, 0.2) is 0 Å². The predicted molar refractivity (Wildman–Crippen MR) is 64.1 cm³/mol. The van der Waals surface area contributed by atoms with Gasteiger partial charge in [-0.3, -0.25) is 10.1 Å². The summed E-state index contributed by atoms with van der Waals surface area (Å²) in [6.07, 6.45) is 2.61. The molecule has 0 amide bonds. The lowest BCUT2D eigenvalue weighted by Gasteiger charge is -2.32. The van der Waals surface area contributed by atoms with Crippen LogP contribution >= 0.6 is 0 Å². The first-order valence-electron chi connectivity index (χ1n) is 6.11. The zero-order valence-corrected chi connectivity index (χ0v) is 10.9. The summed E-state index contributed by atoms with van der Waals surface area (Å²) >= 11 is 0. The van der Waals surface area contributed by atoms with Gasteiger partial charge < -0.3 is 14.6 Å². The third-order valence-corrected chi connectivity index (χ3v) is 3.35. The number of carbonyl (C=O) groups is 1. The van der Waals surface area contributed by atoms with Crippen LogP contribution in [0.5, 0.6) is 0 Å². The van der Waals surface area contributed by atoms with Gasteiger partial charge in [-0.1, -0.05) is 0 Å². The van der Waals surface area contributed by atoms with Crippen molar-refractivity contribution in [3.05, 3.63) is 0 Å². The second-order valence-corrected chi connectivity index (χ2v) is 4.86. The second-order valence-electron chi connectivity index (χ2n) is 4.86. The molecule has 0 aromatic rings. The van der Waals surface area contributed by atoms with Gasteiger partial charge in [0, 0.05) is 26.4 Å². The van der Waals surface area contributed by atoms with E-state index in [1.807, 2.05) is 6.92 Å². The number of carboxylic acids is 1. The lowest BCUT2D eigenvalue weighted by molar-refractivity contribution is -0.145. The third-order valence-electron chi connectivity index (χ3n) is 3.35. The summed E-state index contributed by atoms with van der Waals surface area (Å²) < 4.78 is 10.5. The molecule has 0 bridgehead atoms. The van der Waals surface area contributed by atoms with Crippen LogP contribution in [0.25, 0.3) is 0 Å². The minimum absolute atomic E-state index is 0.0375. The van der Waals surface area contributed by atoms with Gasteiger partial charge in [0.25, 0.3) is 0 Å². The number of ether oxygens (including phenoxy) is 2. The van der Waals surface area contributed by atoms with E-state index in [0.717, 1.165) is 19.4 Å². The quantitative estimate of drug-likeness (QED) is 0.701. The van der Waals surface area contributed by atoms with Crippen molar-refractivity contribution in [3.63, 3.8) is 0 Å². The topological polar surface area (TPSA) is 67.8 Å². The highest BCUT2D eigenvalue weighted by atomic mass is 16.5. The van der Waals surface area contributed by atoms with Crippen molar-refractivity contribution in [2.24, 2.45) is 0 Å². The van der Waals surface area contributed by atoms with Crippen molar-refractivity contribution in [2.75, 3.05) is 20.3 Å². The van der Waals surface area contributed by atoms with Crippen LogP contribution in [-0.4, -0.2) is 49.1 Å². The standard InChI is InChI=1S/C12H23NO4/c1-9(10-5-4-7-17-10)13-12(2,11(14)15)6-8-16-3/h9-10,13H,4-8H2,1-3H3,(H,14,15). The molecule has 1 heterocycles. The molecule has 0 aromatic heterocycles. The Kier molecular flexibility index (Phi) is 5.36. The lowest BCUT2D eigenvalue weighted by Crippen LogP contribution is -2.56. The number of aliphatic carboxylic acids is 1. The minimum Gasteiger partial charge on any atom is -0.480 e. The van der Waals surface area contributed by atoms with E-state index in [0.29, 0.717) is 13.0 Å². The van der Waals surface area contributed by atoms with Crippen LogP contribution in [0, 0.1) is 0 Å². The van der Waals surface area contributed by atoms with Gasteiger partial charge in [-0.05, 0) is 33.1 Å². The molecule has 100 valence electrons. The smallest absolute Gasteiger partial charge is 0.323 e. The van der Waals surface area contributed by atoms with Gasteiger partial charge in [-0.2, -0.15) is 0 Å². The van der Waals surface area contributed by atoms with Crippen LogP contribution in [-0.2, 0) is 14.3 Å². The van der Waals surface area contributed by atoms with Crippen LogP contribution in [0.3, 0.4) is 0 Å². The van der Waals surface area contributed by atoms with Gasteiger partial charge in [0.2, 0.25) is 0 Å². The van der Waals surface area contributed by atoms with Crippen molar-refractivity contribution >= 4 is 5.97 Å². The largest absolute Gasteiger partial charge is 0.480 e. The number of carboxylic acid groups (broad SMARTS) is 1. The molecule has 0 aliphatic carbocycles. The van der Waals surface area contributed by atoms with Gasteiger partial charge in [0.05, 0.1) is 6.10 Å². The van der Waals surface area contributed by atoms with E-state index in [1.54, 1.807) is 14.0 Å². The Morgan fingerprint density at radius 1 is 1.71 bits per heavy atom. The molecule has 1 aliphatic rings. The Bertz CT molecular complexity index is 253. The molecule has 5 nitrogen and oxygen atoms in total. The zero-order valence-electron chi connectivity index (χ0n) is 10.9. The van der Waals surface area contributed by atoms with Gasteiger partial charge in [0.1, 0.15) is 5.54 Å². The maximum atomic E-state index is 11.3. The molecule has 0 radical (unpaired) electrons. The number of hydrogen-bond donors (Lipinski definition) is 2. The fraction of sp³-hybridized carbons (Fsp3) is 0.917. The second kappa shape index (κ2) is 6.33. The highest BCUT2D eigenvalue weighted by Gasteiger charge is 2.36. The molecule has 1 fully saturated rings. The molecule has 5 heteroatoms. The Labute approximate surface area is 102 Å². The summed E-state index contributed by atoms with van der Waals surface area (Å²) in [5.74, 6) is -0.848. The molecule has 2 N–H and O–H groups in total. The molecule has 0 spiro atoms. The molecule has 17 heavy (non-hydrogen) atoms. The van der Waals surface area contributed by atoms with E-state index in [9.17, 15) is 9.90 Å². The van der Waals surface area contributed by atoms with Crippen molar-refractivity contribution in [1.82, 2.24) is 5.32 Å². The van der Waals surface area contributed by atoms with Gasteiger partial charge in [-0.25, -0.2) is 0 Å². The number of hydrogen-bond acceptors (Lipinski definition) is 4. The maximum Gasteiger partial charge on any atom is 0.323 e. The van der Waals surface area contributed by atoms with E-state index in [-0.39, 0.29) is 12.1 Å². The van der Waals surface area contributed by atoms with Crippen LogP contribution in [0.2, 0.25) is 0 Å². The molecule has 1 aliphatic heterocycles. The third kappa shape index (κ3) is 3.94. The fourth-order valence-electron chi connectivity index (χ4n) is 2.14. The summed E-state index contributed by atoms with van der Waals surface area (Å²) in [4.78, 5) is 11.3. The summed E-state index contributed by atoms with van der Waals surface area (Å²) in [5.41, 5.74) is -0.957. The molecule has 3 unspecified atom stereocenters. The van der Waals surface area contributed by atoms with Gasteiger partial charge in [-0.15, -0.1) is 0 Å². The fourth-order valence-corrected chi connectivity index (χ4v) is 2.14. The van der Waals surface area contributed by atoms with Crippen LogP contribution in [0.4, 0.5) is 0 Å². The summed E-state index contributed by atoms with van der Waals surface area (Å²) in [7, 11) is 1.58. The minimum atomic E-state index is -0.957. The summed E-state index contributed by atoms with van der Waals surface area (Å²) in [6, 6.07) is 0.0375. The van der Waals surface area contributed by atoms with Crippen molar-refractivity contribution in [2.45, 2.75) is 50.8 Å². The molecular formula is C12H23NO4. The van der Waals surface area contributed by atoms with Gasteiger partial charge >= 0.3 is 5.97 Å². The van der Waals surface area contributed by atoms with E-state index in [1.165, 1.54) is 0 Å². The molecule has 0 aromatic carbocycles. The summed E-state index contributed by atoms with van der Waals surface area (Å²) in [5, 5.41) is 12.5. The SMILES string of the molecule is COCCC(C)(NC(C)C1CCCO1)C(=O)O. The number of methoxy groups -OCH3 is 1. The number of nitrogens with one attached hydrogen (secondary N) is 1. The molecule has 0 saturated carbocycles. The Balaban J connectivity index is 2.55. The average Bonchev–Trinajstić information content (AvgIpc) is 2.79. The Hall–Kier alpha value is -0.650. The lowest BCUT2D eigenvalue weighted by atomic mass is 9.95. The number of rotatable bonds is 7. The van der Waals surface area contributed by atoms with E-state index >= 15 is 0 Å².